The molecule has 3 nitrogen and oxygen atoms in total. The van der Waals surface area contributed by atoms with Gasteiger partial charge >= 0.3 is 7.12 Å². The summed E-state index contributed by atoms with van der Waals surface area (Å²) in [5.74, 6) is 0. The van der Waals surface area contributed by atoms with Crippen molar-refractivity contribution >= 4 is 45.2 Å². The molecule has 1 aromatic heterocycles. The maximum absolute atomic E-state index is 6.40. The smallest absolute Gasteiger partial charge is 0.399 e. The minimum absolute atomic E-state index is 0.384. The zero-order valence-corrected chi connectivity index (χ0v) is 22.2. The van der Waals surface area contributed by atoms with Crippen LogP contribution in [0.25, 0.3) is 49.4 Å². The molecule has 0 amide bonds. The van der Waals surface area contributed by atoms with Crippen LogP contribution in [-0.2, 0) is 9.31 Å². The summed E-state index contributed by atoms with van der Waals surface area (Å²) in [7, 11) is -0.408. The van der Waals surface area contributed by atoms with Crippen LogP contribution < -0.4 is 5.46 Å². The van der Waals surface area contributed by atoms with Crippen molar-refractivity contribution in [3.63, 3.8) is 0 Å². The molecule has 0 atom stereocenters. The summed E-state index contributed by atoms with van der Waals surface area (Å²) in [4.78, 5) is 0. The lowest BCUT2D eigenvalue weighted by Crippen LogP contribution is -2.41. The van der Waals surface area contributed by atoms with Gasteiger partial charge in [0.05, 0.1) is 22.2 Å². The third-order valence-corrected chi connectivity index (χ3v) is 8.41. The Morgan fingerprint density at radius 1 is 0.579 bits per heavy atom. The van der Waals surface area contributed by atoms with Crippen molar-refractivity contribution in [3.8, 4) is 16.8 Å². The van der Waals surface area contributed by atoms with Crippen LogP contribution in [0.3, 0.4) is 0 Å². The van der Waals surface area contributed by atoms with Gasteiger partial charge in [0.15, 0.2) is 0 Å². The van der Waals surface area contributed by atoms with Crippen LogP contribution >= 0.6 is 0 Å². The van der Waals surface area contributed by atoms with Crippen LogP contribution in [0.1, 0.15) is 27.7 Å². The van der Waals surface area contributed by atoms with Gasteiger partial charge in [0.1, 0.15) is 0 Å². The van der Waals surface area contributed by atoms with Gasteiger partial charge in [-0.15, -0.1) is 0 Å². The van der Waals surface area contributed by atoms with Gasteiger partial charge in [-0.2, -0.15) is 0 Å². The molecule has 0 radical (unpaired) electrons. The van der Waals surface area contributed by atoms with Crippen LogP contribution in [-0.4, -0.2) is 22.9 Å². The lowest BCUT2D eigenvalue weighted by molar-refractivity contribution is 0.00578. The quantitative estimate of drug-likeness (QED) is 0.233. The Hall–Kier alpha value is -3.86. The van der Waals surface area contributed by atoms with E-state index >= 15 is 0 Å². The topological polar surface area (TPSA) is 23.4 Å². The summed E-state index contributed by atoms with van der Waals surface area (Å²) < 4.78 is 15.2. The molecule has 186 valence electrons. The average molecular weight is 495 g/mol. The first kappa shape index (κ1) is 23.3. The first-order valence-corrected chi connectivity index (χ1v) is 13.3. The highest BCUT2D eigenvalue weighted by molar-refractivity contribution is 6.62. The van der Waals surface area contributed by atoms with Crippen molar-refractivity contribution in [3.05, 3.63) is 109 Å². The number of rotatable bonds is 3. The van der Waals surface area contributed by atoms with Gasteiger partial charge in [-0.1, -0.05) is 84.9 Å². The van der Waals surface area contributed by atoms with E-state index in [-0.39, 0.29) is 11.2 Å². The second kappa shape index (κ2) is 8.32. The molecule has 5 aromatic carbocycles. The Labute approximate surface area is 223 Å². The maximum Gasteiger partial charge on any atom is 0.494 e. The molecule has 0 N–H and O–H groups in total. The maximum atomic E-state index is 6.40. The van der Waals surface area contributed by atoms with E-state index < -0.39 is 7.12 Å². The highest BCUT2D eigenvalue weighted by Crippen LogP contribution is 2.41. The molecule has 0 aliphatic carbocycles. The zero-order valence-electron chi connectivity index (χ0n) is 22.2. The highest BCUT2D eigenvalue weighted by atomic mass is 16.7. The first-order chi connectivity index (χ1) is 18.3. The van der Waals surface area contributed by atoms with E-state index in [0.717, 1.165) is 11.2 Å². The summed E-state index contributed by atoms with van der Waals surface area (Å²) in [6.07, 6.45) is 0. The molecule has 2 heterocycles. The molecule has 0 unspecified atom stereocenters. The summed E-state index contributed by atoms with van der Waals surface area (Å²) >= 11 is 0. The summed E-state index contributed by atoms with van der Waals surface area (Å²) in [6.45, 7) is 8.39. The molecular formula is C34H30BNO2. The Morgan fingerprint density at radius 2 is 1.21 bits per heavy atom. The molecule has 1 aliphatic rings. The van der Waals surface area contributed by atoms with Crippen molar-refractivity contribution < 1.29 is 9.31 Å². The zero-order chi connectivity index (χ0) is 26.1. The monoisotopic (exact) mass is 495 g/mol. The highest BCUT2D eigenvalue weighted by Gasteiger charge is 2.51. The largest absolute Gasteiger partial charge is 0.494 e. The molecular weight excluding hydrogens is 465 g/mol. The molecule has 0 saturated carbocycles. The Bertz CT molecular complexity index is 1820. The normalized spacial score (nSPS) is 16.6. The van der Waals surface area contributed by atoms with E-state index in [1.54, 1.807) is 0 Å². The predicted octanol–water partition coefficient (Wildman–Crippen LogP) is 7.90. The van der Waals surface area contributed by atoms with Crippen molar-refractivity contribution in [1.82, 2.24) is 4.57 Å². The predicted molar refractivity (Wildman–Crippen MR) is 159 cm³/mol. The van der Waals surface area contributed by atoms with Crippen LogP contribution in [0, 0.1) is 0 Å². The number of benzene rings is 5. The summed E-state index contributed by atoms with van der Waals surface area (Å²) in [5.41, 5.74) is 6.23. The Balaban J connectivity index is 1.51. The molecule has 38 heavy (non-hydrogen) atoms. The van der Waals surface area contributed by atoms with Crippen LogP contribution in [0.4, 0.5) is 0 Å². The van der Waals surface area contributed by atoms with Gasteiger partial charge in [-0.05, 0) is 73.9 Å². The molecule has 1 fully saturated rings. The second-order valence-corrected chi connectivity index (χ2v) is 11.3. The molecule has 6 aromatic rings. The third kappa shape index (κ3) is 3.44. The fourth-order valence-electron chi connectivity index (χ4n) is 5.74. The molecule has 1 saturated heterocycles. The van der Waals surface area contributed by atoms with Gasteiger partial charge in [0.2, 0.25) is 0 Å². The minimum Gasteiger partial charge on any atom is -0.399 e. The Kier molecular flexibility index (Phi) is 5.10. The molecule has 7 rings (SSSR count). The SMILES string of the molecule is CC1(C)OB(c2cccc(-n3c4ccccc4c4cc(-c5ccccc5)c5ccccc5c43)c2)OC1(C)C. The van der Waals surface area contributed by atoms with Crippen LogP contribution in [0.15, 0.2) is 109 Å². The fourth-order valence-corrected chi connectivity index (χ4v) is 5.74. The van der Waals surface area contributed by atoms with E-state index in [2.05, 4.69) is 141 Å². The number of para-hydroxylation sites is 1. The fraction of sp³-hybridized carbons (Fsp3) is 0.176. The van der Waals surface area contributed by atoms with Gasteiger partial charge in [-0.3, -0.25) is 0 Å². The summed E-state index contributed by atoms with van der Waals surface area (Å²) in [6, 6.07) is 39.1. The summed E-state index contributed by atoms with van der Waals surface area (Å²) in [5, 5.41) is 4.98. The molecule has 0 spiro atoms. The number of hydrogen-bond donors (Lipinski definition) is 0. The van der Waals surface area contributed by atoms with Crippen molar-refractivity contribution in [1.29, 1.82) is 0 Å². The van der Waals surface area contributed by atoms with Crippen molar-refractivity contribution in [2.75, 3.05) is 0 Å². The van der Waals surface area contributed by atoms with Crippen LogP contribution in [0.5, 0.6) is 0 Å². The van der Waals surface area contributed by atoms with Crippen molar-refractivity contribution in [2.45, 2.75) is 38.9 Å². The van der Waals surface area contributed by atoms with Crippen molar-refractivity contribution in [2.24, 2.45) is 0 Å². The van der Waals surface area contributed by atoms with E-state index in [4.69, 9.17) is 9.31 Å². The van der Waals surface area contributed by atoms with Gasteiger partial charge < -0.3 is 13.9 Å². The van der Waals surface area contributed by atoms with Gasteiger partial charge in [-0.25, -0.2) is 0 Å². The van der Waals surface area contributed by atoms with E-state index in [9.17, 15) is 0 Å². The van der Waals surface area contributed by atoms with E-state index in [1.807, 2.05) is 0 Å². The first-order valence-electron chi connectivity index (χ1n) is 13.3. The number of hydrogen-bond acceptors (Lipinski definition) is 2. The van der Waals surface area contributed by atoms with Crippen LogP contribution in [0.2, 0.25) is 0 Å². The van der Waals surface area contributed by atoms with Gasteiger partial charge in [0.25, 0.3) is 0 Å². The minimum atomic E-state index is -0.408. The lowest BCUT2D eigenvalue weighted by Gasteiger charge is -2.32. The standard InChI is InChI=1S/C34H30BNO2/c1-33(2)34(3,4)38-35(37-33)24-15-12-16-25(21-24)36-31-20-11-10-18-27(31)30-22-29(23-13-6-5-7-14-23)26-17-8-9-19-28(26)32(30)36/h5-22H,1-4H3. The number of fused-ring (bicyclic) bond motifs is 5. The molecule has 1 aliphatic heterocycles. The number of nitrogens with zero attached hydrogens (tertiary/aromatic N) is 1. The lowest BCUT2D eigenvalue weighted by atomic mass is 9.79. The molecule has 0 bridgehead atoms. The van der Waals surface area contributed by atoms with E-state index in [0.29, 0.717) is 0 Å². The van der Waals surface area contributed by atoms with Gasteiger partial charge in [0, 0.05) is 21.8 Å². The Morgan fingerprint density at radius 3 is 1.95 bits per heavy atom. The number of aromatic nitrogens is 1. The molecule has 4 heteroatoms. The second-order valence-electron chi connectivity index (χ2n) is 11.3. The van der Waals surface area contributed by atoms with E-state index in [1.165, 1.54) is 43.7 Å². The average Bonchev–Trinajstić information content (AvgIpc) is 3.38. The third-order valence-electron chi connectivity index (χ3n) is 8.41.